The number of halogens is 6. The number of alkyl halides is 6. The zero-order valence-corrected chi connectivity index (χ0v) is 14.7. The van der Waals surface area contributed by atoms with Gasteiger partial charge in [-0.25, -0.2) is 0 Å². The van der Waals surface area contributed by atoms with Gasteiger partial charge in [0.25, 0.3) is 11.1 Å². The molecule has 148 valence electrons. The zero-order chi connectivity index (χ0) is 20.4. The van der Waals surface area contributed by atoms with Crippen LogP contribution in [-0.4, -0.2) is 28.8 Å². The molecule has 0 saturated carbocycles. The van der Waals surface area contributed by atoms with Gasteiger partial charge in [-0.3, -0.25) is 4.79 Å². The van der Waals surface area contributed by atoms with Crippen LogP contribution < -0.4 is 9.64 Å². The lowest BCUT2D eigenvalue weighted by molar-refractivity contribution is -0.138. The molecule has 1 aromatic heterocycles. The van der Waals surface area contributed by atoms with Crippen molar-refractivity contribution in [3.8, 4) is 5.19 Å². The highest BCUT2D eigenvalue weighted by Crippen LogP contribution is 2.34. The number of carbonyl (C=O) groups excluding carboxylic acids is 1. The molecule has 0 unspecified atom stereocenters. The molecule has 12 heteroatoms. The Bertz CT molecular complexity index is 803. The number of nitrogens with zero attached hydrogens (tertiary/aromatic N) is 3. The predicted molar refractivity (Wildman–Crippen MR) is 84.5 cm³/mol. The maximum absolute atomic E-state index is 12.9. The number of benzene rings is 1. The first-order valence-electron chi connectivity index (χ1n) is 7.42. The molecule has 0 radical (unpaired) electrons. The van der Waals surface area contributed by atoms with E-state index < -0.39 is 46.7 Å². The molecule has 1 aromatic carbocycles. The van der Waals surface area contributed by atoms with E-state index in [4.69, 9.17) is 4.74 Å². The monoisotopic (exact) mass is 413 g/mol. The third kappa shape index (κ3) is 5.31. The fourth-order valence-electron chi connectivity index (χ4n) is 2.14. The molecule has 0 N–H and O–H groups in total. The molecule has 2 aromatic rings. The van der Waals surface area contributed by atoms with Crippen LogP contribution in [0.4, 0.5) is 32.0 Å². The molecule has 1 amide bonds. The van der Waals surface area contributed by atoms with Crippen molar-refractivity contribution in [2.45, 2.75) is 32.2 Å². The van der Waals surface area contributed by atoms with Gasteiger partial charge in [0.2, 0.25) is 5.01 Å². The van der Waals surface area contributed by atoms with Crippen molar-refractivity contribution < 1.29 is 35.9 Å². The van der Waals surface area contributed by atoms with E-state index in [1.165, 1.54) is 6.07 Å². The number of amides is 1. The Labute approximate surface area is 153 Å². The van der Waals surface area contributed by atoms with Gasteiger partial charge in [0, 0.05) is 11.7 Å². The van der Waals surface area contributed by atoms with Crippen LogP contribution >= 0.6 is 11.3 Å². The quantitative estimate of drug-likeness (QED) is 0.682. The van der Waals surface area contributed by atoms with Crippen LogP contribution in [0.25, 0.3) is 0 Å². The first-order valence-corrected chi connectivity index (χ1v) is 8.24. The van der Waals surface area contributed by atoms with Gasteiger partial charge in [0.05, 0.1) is 5.56 Å². The Morgan fingerprint density at radius 2 is 1.81 bits per heavy atom. The number of carbonyl (C=O) groups is 1. The van der Waals surface area contributed by atoms with E-state index >= 15 is 0 Å². The van der Waals surface area contributed by atoms with Crippen molar-refractivity contribution in [3.63, 3.8) is 0 Å². The van der Waals surface area contributed by atoms with Gasteiger partial charge in [-0.15, -0.1) is 5.10 Å². The van der Waals surface area contributed by atoms with Crippen LogP contribution in [0, 0.1) is 0 Å². The van der Waals surface area contributed by atoms with Gasteiger partial charge >= 0.3 is 12.4 Å². The summed E-state index contributed by atoms with van der Waals surface area (Å²) in [6.07, 6.45) is -9.27. The molecule has 0 atom stereocenters. The minimum atomic E-state index is -4.69. The summed E-state index contributed by atoms with van der Waals surface area (Å²) < 4.78 is 81.0. The number of hydrogen-bond donors (Lipinski definition) is 0. The minimum Gasteiger partial charge on any atom is -0.459 e. The smallest absolute Gasteiger partial charge is 0.445 e. The topological polar surface area (TPSA) is 55.3 Å². The van der Waals surface area contributed by atoms with Gasteiger partial charge < -0.3 is 9.64 Å². The molecule has 5 nitrogen and oxygen atoms in total. The highest BCUT2D eigenvalue weighted by atomic mass is 32.1. The van der Waals surface area contributed by atoms with Crippen molar-refractivity contribution in [1.82, 2.24) is 10.2 Å². The minimum absolute atomic E-state index is 0.0123. The molecule has 0 aliphatic carbocycles. The van der Waals surface area contributed by atoms with E-state index in [2.05, 4.69) is 10.2 Å². The lowest BCUT2D eigenvalue weighted by Crippen LogP contribution is -2.40. The van der Waals surface area contributed by atoms with E-state index in [-0.39, 0.29) is 17.0 Å². The summed E-state index contributed by atoms with van der Waals surface area (Å²) in [5, 5.41) is 4.39. The van der Waals surface area contributed by atoms with Gasteiger partial charge in [0.1, 0.15) is 0 Å². The molecular weight excluding hydrogens is 400 g/mol. The fourth-order valence-corrected chi connectivity index (χ4v) is 2.70. The average molecular weight is 413 g/mol. The van der Waals surface area contributed by atoms with Gasteiger partial charge in [-0.2, -0.15) is 26.3 Å². The maximum Gasteiger partial charge on any atom is 0.445 e. The maximum atomic E-state index is 12.9. The summed E-state index contributed by atoms with van der Waals surface area (Å²) in [6, 6.07) is 3.62. The fraction of sp³-hybridized carbons (Fsp3) is 0.400. The van der Waals surface area contributed by atoms with Crippen molar-refractivity contribution >= 4 is 22.9 Å². The largest absolute Gasteiger partial charge is 0.459 e. The van der Waals surface area contributed by atoms with Crippen LogP contribution in [-0.2, 0) is 17.1 Å². The molecule has 0 aliphatic rings. The van der Waals surface area contributed by atoms with E-state index in [9.17, 15) is 31.1 Å². The molecule has 0 spiro atoms. The molecule has 27 heavy (non-hydrogen) atoms. The van der Waals surface area contributed by atoms with E-state index in [0.717, 1.165) is 23.1 Å². The molecule has 0 aliphatic heterocycles. The second-order valence-electron chi connectivity index (χ2n) is 5.57. The van der Waals surface area contributed by atoms with Crippen molar-refractivity contribution in [3.05, 3.63) is 34.8 Å². The first-order chi connectivity index (χ1) is 12.4. The standard InChI is InChI=1S/C15H13F6N3O2S/c1-8(2)24(10-5-3-4-9(6-10)14(16,17)18)11(25)7-26-13-23-22-12(27-13)15(19,20)21/h3-6,8H,7H2,1-2H3. The second kappa shape index (κ2) is 7.71. The number of ether oxygens (including phenoxy) is 1. The van der Waals surface area contributed by atoms with Crippen LogP contribution in [0.5, 0.6) is 5.19 Å². The third-order valence-corrected chi connectivity index (χ3v) is 4.09. The number of hydrogen-bond acceptors (Lipinski definition) is 5. The van der Waals surface area contributed by atoms with Crippen LogP contribution in [0.2, 0.25) is 0 Å². The SMILES string of the molecule is CC(C)N(C(=O)COc1nnc(C(F)(F)F)s1)c1cccc(C(F)(F)F)c1. The van der Waals surface area contributed by atoms with Gasteiger partial charge in [-0.1, -0.05) is 22.5 Å². The summed E-state index contributed by atoms with van der Waals surface area (Å²) in [5.74, 6) is -0.743. The van der Waals surface area contributed by atoms with Crippen LogP contribution in [0.1, 0.15) is 24.4 Å². The zero-order valence-electron chi connectivity index (χ0n) is 13.9. The van der Waals surface area contributed by atoms with E-state index in [1.807, 2.05) is 0 Å². The number of anilines is 1. The van der Waals surface area contributed by atoms with Gasteiger partial charge in [0.15, 0.2) is 6.61 Å². The normalized spacial score (nSPS) is 12.3. The summed E-state index contributed by atoms with van der Waals surface area (Å²) in [4.78, 5) is 13.4. The molecule has 0 saturated heterocycles. The summed E-state index contributed by atoms with van der Waals surface area (Å²) in [7, 11) is 0. The lowest BCUT2D eigenvalue weighted by atomic mass is 10.1. The van der Waals surface area contributed by atoms with Crippen molar-refractivity contribution in [2.24, 2.45) is 0 Å². The first kappa shape index (κ1) is 20.9. The Morgan fingerprint density at radius 1 is 1.15 bits per heavy atom. The van der Waals surface area contributed by atoms with Crippen molar-refractivity contribution in [1.29, 1.82) is 0 Å². The van der Waals surface area contributed by atoms with Gasteiger partial charge in [-0.05, 0) is 32.0 Å². The van der Waals surface area contributed by atoms with E-state index in [1.54, 1.807) is 13.8 Å². The summed E-state index contributed by atoms with van der Waals surface area (Å²) in [5.41, 5.74) is -0.944. The summed E-state index contributed by atoms with van der Waals surface area (Å²) in [6.45, 7) is 2.44. The molecule has 0 bridgehead atoms. The molecular formula is C15H13F6N3O2S. The van der Waals surface area contributed by atoms with E-state index in [0.29, 0.717) is 0 Å². The highest BCUT2D eigenvalue weighted by Gasteiger charge is 2.36. The molecule has 0 fully saturated rings. The Morgan fingerprint density at radius 3 is 2.33 bits per heavy atom. The Balaban J connectivity index is 2.15. The molecule has 1 heterocycles. The summed E-state index contributed by atoms with van der Waals surface area (Å²) >= 11 is 0.115. The van der Waals surface area contributed by atoms with Crippen LogP contribution in [0.3, 0.4) is 0 Å². The number of aromatic nitrogens is 2. The highest BCUT2D eigenvalue weighted by molar-refractivity contribution is 7.13. The Hall–Kier alpha value is -2.37. The molecule has 2 rings (SSSR count). The van der Waals surface area contributed by atoms with Crippen LogP contribution in [0.15, 0.2) is 24.3 Å². The lowest BCUT2D eigenvalue weighted by Gasteiger charge is -2.27. The third-order valence-electron chi connectivity index (χ3n) is 3.20. The number of rotatable bonds is 5. The Kier molecular flexibility index (Phi) is 5.97. The van der Waals surface area contributed by atoms with Crippen molar-refractivity contribution in [2.75, 3.05) is 11.5 Å². The predicted octanol–water partition coefficient (Wildman–Crippen LogP) is 4.40. The average Bonchev–Trinajstić information content (AvgIpc) is 3.01. The second-order valence-corrected chi connectivity index (χ2v) is 6.51.